The number of methoxy groups -OCH3 is 1. The van der Waals surface area contributed by atoms with Crippen molar-refractivity contribution in [2.24, 2.45) is 0 Å². The molecular formula is C17H17ClN2O2. The highest BCUT2D eigenvalue weighted by Crippen LogP contribution is 2.33. The highest BCUT2D eigenvalue weighted by molar-refractivity contribution is 6.31. The standard InChI is InChI=1S/C17H17ClN2O2/c1-11-9-12-5-3-4-6-15(12)20(11)17(21)19-14-10-13(18)7-8-16(14)22-2/h3-8,10-11H,9H2,1-2H3,(H,19,21). The molecule has 114 valence electrons. The van der Waals surface area contributed by atoms with Crippen molar-refractivity contribution in [3.05, 3.63) is 53.1 Å². The average Bonchev–Trinajstić information content (AvgIpc) is 2.83. The highest BCUT2D eigenvalue weighted by atomic mass is 35.5. The molecule has 0 fully saturated rings. The summed E-state index contributed by atoms with van der Waals surface area (Å²) in [5.41, 5.74) is 2.70. The van der Waals surface area contributed by atoms with Gasteiger partial charge in [-0.3, -0.25) is 4.90 Å². The first-order chi connectivity index (χ1) is 10.6. The molecule has 4 nitrogen and oxygen atoms in total. The first-order valence-corrected chi connectivity index (χ1v) is 7.49. The molecule has 22 heavy (non-hydrogen) atoms. The van der Waals surface area contributed by atoms with Crippen molar-refractivity contribution < 1.29 is 9.53 Å². The number of rotatable bonds is 2. The van der Waals surface area contributed by atoms with Crippen molar-refractivity contribution in [2.45, 2.75) is 19.4 Å². The van der Waals surface area contributed by atoms with Crippen molar-refractivity contribution in [3.8, 4) is 5.75 Å². The number of hydrogen-bond acceptors (Lipinski definition) is 2. The van der Waals surface area contributed by atoms with Crippen LogP contribution in [0.25, 0.3) is 0 Å². The summed E-state index contributed by atoms with van der Waals surface area (Å²) in [7, 11) is 1.56. The molecular weight excluding hydrogens is 300 g/mol. The molecule has 1 aliphatic rings. The van der Waals surface area contributed by atoms with Gasteiger partial charge in [-0.1, -0.05) is 29.8 Å². The van der Waals surface area contributed by atoms with Gasteiger partial charge >= 0.3 is 6.03 Å². The van der Waals surface area contributed by atoms with Crippen LogP contribution in [-0.2, 0) is 6.42 Å². The fraction of sp³-hybridized carbons (Fsp3) is 0.235. The first-order valence-electron chi connectivity index (χ1n) is 7.12. The molecule has 1 atom stereocenters. The fourth-order valence-electron chi connectivity index (χ4n) is 2.83. The summed E-state index contributed by atoms with van der Waals surface area (Å²) in [4.78, 5) is 14.5. The third-order valence-electron chi connectivity index (χ3n) is 3.83. The number of fused-ring (bicyclic) bond motifs is 1. The number of anilines is 2. The Balaban J connectivity index is 1.88. The summed E-state index contributed by atoms with van der Waals surface area (Å²) in [6, 6.07) is 13.0. The Morgan fingerprint density at radius 3 is 2.86 bits per heavy atom. The lowest BCUT2D eigenvalue weighted by molar-refractivity contribution is 0.255. The normalized spacial score (nSPS) is 16.3. The molecule has 0 saturated heterocycles. The number of carbonyl (C=O) groups is 1. The van der Waals surface area contributed by atoms with Crippen LogP contribution in [0.2, 0.25) is 5.02 Å². The molecule has 0 bridgehead atoms. The van der Waals surface area contributed by atoms with Crippen LogP contribution < -0.4 is 15.0 Å². The van der Waals surface area contributed by atoms with Gasteiger partial charge in [-0.15, -0.1) is 0 Å². The van der Waals surface area contributed by atoms with Crippen molar-refractivity contribution in [3.63, 3.8) is 0 Å². The Morgan fingerprint density at radius 1 is 1.32 bits per heavy atom. The Hall–Kier alpha value is -2.20. The molecule has 0 aliphatic carbocycles. The monoisotopic (exact) mass is 316 g/mol. The maximum atomic E-state index is 12.7. The van der Waals surface area contributed by atoms with Gasteiger partial charge in [0.1, 0.15) is 5.75 Å². The topological polar surface area (TPSA) is 41.6 Å². The van der Waals surface area contributed by atoms with Crippen LogP contribution in [0.15, 0.2) is 42.5 Å². The van der Waals surface area contributed by atoms with Gasteiger partial charge in [-0.05, 0) is 43.2 Å². The Morgan fingerprint density at radius 2 is 2.09 bits per heavy atom. The van der Waals surface area contributed by atoms with E-state index in [0.717, 1.165) is 12.1 Å². The molecule has 5 heteroatoms. The molecule has 3 rings (SSSR count). The SMILES string of the molecule is COc1ccc(Cl)cc1NC(=O)N1c2ccccc2CC1C. The van der Waals surface area contributed by atoms with Gasteiger partial charge < -0.3 is 10.1 Å². The molecule has 0 aromatic heterocycles. The number of halogens is 1. The second-order valence-corrected chi connectivity index (χ2v) is 5.76. The largest absolute Gasteiger partial charge is 0.495 e. The third kappa shape index (κ3) is 2.62. The van der Waals surface area contributed by atoms with Crippen molar-refractivity contribution in [1.82, 2.24) is 0 Å². The number of ether oxygens (including phenoxy) is 1. The molecule has 2 aromatic rings. The fourth-order valence-corrected chi connectivity index (χ4v) is 3.00. The van der Waals surface area contributed by atoms with Gasteiger partial charge in [0, 0.05) is 16.8 Å². The van der Waals surface area contributed by atoms with E-state index in [4.69, 9.17) is 16.3 Å². The first kappa shape index (κ1) is 14.7. The van der Waals surface area contributed by atoms with Gasteiger partial charge in [0.2, 0.25) is 0 Å². The van der Waals surface area contributed by atoms with Crippen LogP contribution in [0.5, 0.6) is 5.75 Å². The number of urea groups is 1. The summed E-state index contributed by atoms with van der Waals surface area (Å²) in [5, 5.41) is 3.44. The summed E-state index contributed by atoms with van der Waals surface area (Å²) in [5.74, 6) is 0.581. The van der Waals surface area contributed by atoms with E-state index in [1.54, 1.807) is 30.2 Å². The number of benzene rings is 2. The molecule has 1 N–H and O–H groups in total. The van der Waals surface area contributed by atoms with E-state index in [2.05, 4.69) is 11.4 Å². The van der Waals surface area contributed by atoms with E-state index in [9.17, 15) is 4.79 Å². The molecule has 1 unspecified atom stereocenters. The second-order valence-electron chi connectivity index (χ2n) is 5.33. The molecule has 1 aliphatic heterocycles. The van der Waals surface area contributed by atoms with Gasteiger partial charge in [-0.2, -0.15) is 0 Å². The Bertz CT molecular complexity index is 718. The second kappa shape index (κ2) is 5.89. The van der Waals surface area contributed by atoms with Gasteiger partial charge in [0.05, 0.1) is 12.8 Å². The zero-order valence-corrected chi connectivity index (χ0v) is 13.2. The maximum absolute atomic E-state index is 12.7. The van der Waals surface area contributed by atoms with Crippen LogP contribution in [0.3, 0.4) is 0 Å². The van der Waals surface area contributed by atoms with Crippen LogP contribution in [0.1, 0.15) is 12.5 Å². The third-order valence-corrected chi connectivity index (χ3v) is 4.06. The van der Waals surface area contributed by atoms with Crippen LogP contribution in [0, 0.1) is 0 Å². The zero-order valence-electron chi connectivity index (χ0n) is 12.5. The van der Waals surface area contributed by atoms with E-state index < -0.39 is 0 Å². The molecule has 0 radical (unpaired) electrons. The summed E-state index contributed by atoms with van der Waals surface area (Å²) < 4.78 is 5.27. The minimum absolute atomic E-state index is 0.113. The average molecular weight is 317 g/mol. The van der Waals surface area contributed by atoms with E-state index in [-0.39, 0.29) is 12.1 Å². The lowest BCUT2D eigenvalue weighted by Crippen LogP contribution is -2.39. The quantitative estimate of drug-likeness (QED) is 0.896. The minimum Gasteiger partial charge on any atom is -0.495 e. The predicted octanol–water partition coefficient (Wildman–Crippen LogP) is 4.33. The maximum Gasteiger partial charge on any atom is 0.326 e. The van der Waals surface area contributed by atoms with E-state index in [0.29, 0.717) is 16.5 Å². The summed E-state index contributed by atoms with van der Waals surface area (Å²) >= 11 is 6.01. The van der Waals surface area contributed by atoms with Crippen molar-refractivity contribution in [2.75, 3.05) is 17.3 Å². The van der Waals surface area contributed by atoms with Crippen molar-refractivity contribution in [1.29, 1.82) is 0 Å². The lowest BCUT2D eigenvalue weighted by Gasteiger charge is -2.23. The van der Waals surface area contributed by atoms with E-state index in [1.165, 1.54) is 5.56 Å². The van der Waals surface area contributed by atoms with Gasteiger partial charge in [0.25, 0.3) is 0 Å². The number of hydrogen-bond donors (Lipinski definition) is 1. The minimum atomic E-state index is -0.182. The zero-order chi connectivity index (χ0) is 15.7. The number of nitrogens with zero attached hydrogens (tertiary/aromatic N) is 1. The van der Waals surface area contributed by atoms with Crippen LogP contribution in [-0.4, -0.2) is 19.2 Å². The molecule has 1 heterocycles. The number of amides is 2. The van der Waals surface area contributed by atoms with Crippen LogP contribution in [0.4, 0.5) is 16.2 Å². The number of para-hydroxylation sites is 1. The molecule has 2 aromatic carbocycles. The molecule has 0 saturated carbocycles. The van der Waals surface area contributed by atoms with Crippen molar-refractivity contribution >= 4 is 29.0 Å². The Labute approximate surface area is 134 Å². The van der Waals surface area contributed by atoms with Gasteiger partial charge in [0.15, 0.2) is 0 Å². The van der Waals surface area contributed by atoms with Gasteiger partial charge in [-0.25, -0.2) is 4.79 Å². The lowest BCUT2D eigenvalue weighted by atomic mass is 10.1. The molecule has 0 spiro atoms. The summed E-state index contributed by atoms with van der Waals surface area (Å²) in [6.07, 6.45) is 0.857. The molecule has 2 amide bonds. The number of nitrogens with one attached hydrogen (secondary N) is 1. The van der Waals surface area contributed by atoms with E-state index in [1.807, 2.05) is 25.1 Å². The van der Waals surface area contributed by atoms with Crippen LogP contribution >= 0.6 is 11.6 Å². The highest BCUT2D eigenvalue weighted by Gasteiger charge is 2.30. The number of carbonyl (C=O) groups excluding carboxylic acids is 1. The Kier molecular flexibility index (Phi) is 3.94. The smallest absolute Gasteiger partial charge is 0.326 e. The van der Waals surface area contributed by atoms with E-state index >= 15 is 0 Å². The predicted molar refractivity (Wildman–Crippen MR) is 89.1 cm³/mol. The summed E-state index contributed by atoms with van der Waals surface area (Å²) in [6.45, 7) is 2.04.